The van der Waals surface area contributed by atoms with E-state index in [1.807, 2.05) is 0 Å². The number of ether oxygens (including phenoxy) is 1. The van der Waals surface area contributed by atoms with Crippen molar-refractivity contribution in [2.24, 2.45) is 7.05 Å². The molecule has 1 N–H and O–H groups in total. The van der Waals surface area contributed by atoms with Crippen LogP contribution in [0.5, 0.6) is 5.75 Å². The number of oxazole rings is 1. The minimum Gasteiger partial charge on any atom is -0.491 e. The summed E-state index contributed by atoms with van der Waals surface area (Å²) in [4.78, 5) is 11.4. The molecule has 0 unspecified atom stereocenters. The quantitative estimate of drug-likeness (QED) is 0.749. The van der Waals surface area contributed by atoms with Crippen LogP contribution in [0.2, 0.25) is 0 Å². The highest BCUT2D eigenvalue weighted by molar-refractivity contribution is 7.92. The number of rotatable bonds is 5. The number of anilines is 1. The number of fused-ring (bicyclic) bond motifs is 1. The van der Waals surface area contributed by atoms with Crippen LogP contribution in [0.4, 0.5) is 10.1 Å². The lowest BCUT2D eigenvalue weighted by Gasteiger charge is -2.10. The van der Waals surface area contributed by atoms with Crippen molar-refractivity contribution in [1.29, 1.82) is 0 Å². The summed E-state index contributed by atoms with van der Waals surface area (Å²) in [6.45, 7) is 2.01. The molecule has 0 fully saturated rings. The van der Waals surface area contributed by atoms with Crippen molar-refractivity contribution in [2.45, 2.75) is 11.8 Å². The summed E-state index contributed by atoms with van der Waals surface area (Å²) < 4.78 is 52.4. The first-order chi connectivity index (χ1) is 11.8. The number of hydrogen-bond acceptors (Lipinski definition) is 5. The number of nitrogens with one attached hydrogen (secondary N) is 1. The molecule has 0 saturated carbocycles. The van der Waals surface area contributed by atoms with E-state index < -0.39 is 21.6 Å². The van der Waals surface area contributed by atoms with Crippen molar-refractivity contribution in [3.8, 4) is 5.75 Å². The molecule has 0 aliphatic heterocycles. The van der Waals surface area contributed by atoms with Gasteiger partial charge in [0, 0.05) is 19.2 Å². The van der Waals surface area contributed by atoms with Crippen LogP contribution in [-0.2, 0) is 17.1 Å². The molecule has 0 amide bonds. The Morgan fingerprint density at radius 1 is 1.24 bits per heavy atom. The van der Waals surface area contributed by atoms with Crippen LogP contribution in [0.25, 0.3) is 11.1 Å². The van der Waals surface area contributed by atoms with Gasteiger partial charge < -0.3 is 9.15 Å². The number of hydrogen-bond donors (Lipinski definition) is 1. The highest BCUT2D eigenvalue weighted by atomic mass is 32.2. The highest BCUT2D eigenvalue weighted by Gasteiger charge is 2.18. The van der Waals surface area contributed by atoms with Gasteiger partial charge in [0.05, 0.1) is 22.7 Å². The smallest absolute Gasteiger partial charge is 0.419 e. The zero-order valence-electron chi connectivity index (χ0n) is 13.4. The first-order valence-electron chi connectivity index (χ1n) is 7.36. The minimum absolute atomic E-state index is 0.0397. The zero-order valence-corrected chi connectivity index (χ0v) is 14.3. The predicted octanol–water partition coefficient (Wildman–Crippen LogP) is 2.47. The average Bonchev–Trinajstić information content (AvgIpc) is 2.84. The van der Waals surface area contributed by atoms with Crippen LogP contribution in [0.15, 0.2) is 50.5 Å². The standard InChI is InChI=1S/C16H15FN2O5S/c1-3-23-14-7-4-10(8-12(14)17)18-25(21,22)11-5-6-13-15(9-11)24-16(20)19(13)2/h4-9,18H,3H2,1-2H3. The molecule has 25 heavy (non-hydrogen) atoms. The second-order valence-corrected chi connectivity index (χ2v) is 6.92. The van der Waals surface area contributed by atoms with Gasteiger partial charge in [0.15, 0.2) is 17.1 Å². The molecule has 0 bridgehead atoms. The van der Waals surface area contributed by atoms with Crippen LogP contribution >= 0.6 is 0 Å². The fraction of sp³-hybridized carbons (Fsp3) is 0.188. The summed E-state index contributed by atoms with van der Waals surface area (Å²) in [6.07, 6.45) is 0. The molecule has 0 atom stereocenters. The van der Waals surface area contributed by atoms with Gasteiger partial charge in [0.2, 0.25) is 0 Å². The van der Waals surface area contributed by atoms with E-state index in [9.17, 15) is 17.6 Å². The van der Waals surface area contributed by atoms with Crippen LogP contribution in [0, 0.1) is 5.82 Å². The fourth-order valence-electron chi connectivity index (χ4n) is 2.33. The van der Waals surface area contributed by atoms with E-state index in [0.717, 1.165) is 6.07 Å². The Balaban J connectivity index is 1.94. The molecular formula is C16H15FN2O5S. The van der Waals surface area contributed by atoms with E-state index in [2.05, 4.69) is 4.72 Å². The van der Waals surface area contributed by atoms with Crippen molar-refractivity contribution in [3.63, 3.8) is 0 Å². The van der Waals surface area contributed by atoms with Crippen LogP contribution < -0.4 is 15.2 Å². The summed E-state index contributed by atoms with van der Waals surface area (Å²) in [5, 5.41) is 0. The first kappa shape index (κ1) is 17.0. The van der Waals surface area contributed by atoms with Gasteiger partial charge in [-0.3, -0.25) is 9.29 Å². The Morgan fingerprint density at radius 3 is 2.68 bits per heavy atom. The third-order valence-corrected chi connectivity index (χ3v) is 4.94. The molecule has 9 heteroatoms. The number of benzene rings is 2. The van der Waals surface area contributed by atoms with E-state index >= 15 is 0 Å². The number of aromatic nitrogens is 1. The molecule has 3 rings (SSSR count). The Hall–Kier alpha value is -2.81. The molecule has 0 radical (unpaired) electrons. The van der Waals surface area contributed by atoms with Gasteiger partial charge in [0.1, 0.15) is 0 Å². The third-order valence-electron chi connectivity index (χ3n) is 3.56. The molecule has 7 nitrogen and oxygen atoms in total. The van der Waals surface area contributed by atoms with Gasteiger partial charge in [-0.1, -0.05) is 0 Å². The van der Waals surface area contributed by atoms with Gasteiger partial charge in [-0.2, -0.15) is 0 Å². The SMILES string of the molecule is CCOc1ccc(NS(=O)(=O)c2ccc3c(c2)oc(=O)n3C)cc1F. The fourth-order valence-corrected chi connectivity index (χ4v) is 3.40. The number of nitrogens with zero attached hydrogens (tertiary/aromatic N) is 1. The predicted molar refractivity (Wildman–Crippen MR) is 89.8 cm³/mol. The minimum atomic E-state index is -3.98. The molecule has 0 aliphatic rings. The van der Waals surface area contributed by atoms with Gasteiger partial charge in [-0.15, -0.1) is 0 Å². The molecule has 132 valence electrons. The molecule has 1 aromatic heterocycles. The molecule has 0 spiro atoms. The van der Waals surface area contributed by atoms with Crippen molar-refractivity contribution in [1.82, 2.24) is 4.57 Å². The Morgan fingerprint density at radius 2 is 2.00 bits per heavy atom. The lowest BCUT2D eigenvalue weighted by atomic mass is 10.3. The second kappa shape index (κ2) is 6.25. The topological polar surface area (TPSA) is 90.5 Å². The number of halogens is 1. The van der Waals surface area contributed by atoms with Crippen molar-refractivity contribution >= 4 is 26.8 Å². The van der Waals surface area contributed by atoms with Crippen LogP contribution in [0.3, 0.4) is 0 Å². The van der Waals surface area contributed by atoms with Crippen LogP contribution in [-0.4, -0.2) is 19.6 Å². The van der Waals surface area contributed by atoms with Crippen molar-refractivity contribution in [2.75, 3.05) is 11.3 Å². The molecule has 0 aliphatic carbocycles. The maximum atomic E-state index is 13.9. The maximum absolute atomic E-state index is 13.9. The average molecular weight is 366 g/mol. The largest absolute Gasteiger partial charge is 0.491 e. The van der Waals surface area contributed by atoms with Gasteiger partial charge >= 0.3 is 5.76 Å². The Bertz CT molecular complexity index is 1100. The van der Waals surface area contributed by atoms with E-state index in [4.69, 9.17) is 9.15 Å². The second-order valence-electron chi connectivity index (χ2n) is 5.24. The summed E-state index contributed by atoms with van der Waals surface area (Å²) in [6, 6.07) is 7.81. The molecular weight excluding hydrogens is 351 g/mol. The Kier molecular flexibility index (Phi) is 4.25. The number of aryl methyl sites for hydroxylation is 1. The van der Waals surface area contributed by atoms with E-state index in [-0.39, 0.29) is 21.9 Å². The van der Waals surface area contributed by atoms with Gasteiger partial charge in [-0.05, 0) is 31.2 Å². The lowest BCUT2D eigenvalue weighted by molar-refractivity contribution is 0.321. The molecule has 0 saturated heterocycles. The van der Waals surface area contributed by atoms with Gasteiger partial charge in [-0.25, -0.2) is 17.6 Å². The van der Waals surface area contributed by atoms with E-state index in [0.29, 0.717) is 12.1 Å². The normalized spacial score (nSPS) is 11.6. The van der Waals surface area contributed by atoms with Crippen LogP contribution in [0.1, 0.15) is 6.92 Å². The summed E-state index contributed by atoms with van der Waals surface area (Å²) in [7, 11) is -2.46. The summed E-state index contributed by atoms with van der Waals surface area (Å²) in [5.41, 5.74) is 0.667. The monoisotopic (exact) mass is 366 g/mol. The van der Waals surface area contributed by atoms with Crippen molar-refractivity contribution in [3.05, 3.63) is 52.8 Å². The van der Waals surface area contributed by atoms with Crippen molar-refractivity contribution < 1.29 is 22.0 Å². The number of sulfonamides is 1. The first-order valence-corrected chi connectivity index (χ1v) is 8.85. The maximum Gasteiger partial charge on any atom is 0.419 e. The summed E-state index contributed by atoms with van der Waals surface area (Å²) >= 11 is 0. The Labute approximate surface area is 142 Å². The third kappa shape index (κ3) is 3.22. The van der Waals surface area contributed by atoms with Gasteiger partial charge in [0.25, 0.3) is 10.0 Å². The molecule has 1 heterocycles. The molecule has 3 aromatic rings. The molecule has 2 aromatic carbocycles. The van der Waals surface area contributed by atoms with E-state index in [1.54, 1.807) is 6.92 Å². The highest BCUT2D eigenvalue weighted by Crippen LogP contribution is 2.24. The van der Waals surface area contributed by atoms with E-state index in [1.165, 1.54) is 41.9 Å². The summed E-state index contributed by atoms with van der Waals surface area (Å²) in [5.74, 6) is -1.23. The lowest BCUT2D eigenvalue weighted by Crippen LogP contribution is -2.13. The zero-order chi connectivity index (χ0) is 18.2.